The fourth-order valence-corrected chi connectivity index (χ4v) is 3.10. The molecule has 0 bridgehead atoms. The monoisotopic (exact) mass is 478 g/mol. The van der Waals surface area contributed by atoms with Crippen LogP contribution >= 0.6 is 15.9 Å². The first kappa shape index (κ1) is 23.4. The van der Waals surface area contributed by atoms with Crippen molar-refractivity contribution in [3.05, 3.63) is 70.2 Å². The number of benzene rings is 2. The van der Waals surface area contributed by atoms with Gasteiger partial charge in [0.2, 0.25) is 5.91 Å². The molecule has 30 heavy (non-hydrogen) atoms. The molecule has 0 spiro atoms. The van der Waals surface area contributed by atoms with E-state index in [9.17, 15) is 24.6 Å². The molecule has 160 valence electrons. The first-order valence-corrected chi connectivity index (χ1v) is 9.98. The zero-order valence-corrected chi connectivity index (χ0v) is 17.8. The molecule has 0 aliphatic carbocycles. The number of carbonyl (C=O) groups excluding carboxylic acids is 2. The highest BCUT2D eigenvalue weighted by Gasteiger charge is 2.30. The topological polar surface area (TPSA) is 125 Å². The molecule has 4 N–H and O–H groups in total. The molecule has 0 radical (unpaired) electrons. The number of amides is 2. The third kappa shape index (κ3) is 7.49. The number of rotatable bonds is 9. The standard InChI is InChI=1S/C21H23BrN2O6/c1-13(25)18(24-21(29)30-12-14-6-3-2-4-7-14)19(26)23-17(20(27)28)11-15-8-5-9-16(22)10-15/h2-10,13,17-18,25H,11-12H2,1H3,(H,23,26)(H,24,29)(H,27,28)/t13-,17+,18+/m1/s1. The highest BCUT2D eigenvalue weighted by atomic mass is 79.9. The van der Waals surface area contributed by atoms with Crippen molar-refractivity contribution >= 4 is 33.9 Å². The smallest absolute Gasteiger partial charge is 0.408 e. The van der Waals surface area contributed by atoms with E-state index in [1.165, 1.54) is 6.92 Å². The molecule has 0 saturated carbocycles. The van der Waals surface area contributed by atoms with Crippen LogP contribution < -0.4 is 10.6 Å². The predicted octanol–water partition coefficient (Wildman–Crippen LogP) is 2.24. The van der Waals surface area contributed by atoms with Gasteiger partial charge < -0.3 is 25.6 Å². The van der Waals surface area contributed by atoms with E-state index in [1.807, 2.05) is 6.07 Å². The lowest BCUT2D eigenvalue weighted by Crippen LogP contribution is -2.56. The number of carboxylic acid groups (broad SMARTS) is 1. The molecule has 8 nitrogen and oxygen atoms in total. The van der Waals surface area contributed by atoms with Gasteiger partial charge in [0.1, 0.15) is 18.7 Å². The van der Waals surface area contributed by atoms with Crippen LogP contribution in [0.5, 0.6) is 0 Å². The second-order valence-corrected chi connectivity index (χ2v) is 7.57. The molecular formula is C21H23BrN2O6. The Labute approximate surface area is 182 Å². The van der Waals surface area contributed by atoms with Crippen LogP contribution in [0.1, 0.15) is 18.1 Å². The number of halogens is 1. The lowest BCUT2D eigenvalue weighted by Gasteiger charge is -2.23. The minimum absolute atomic E-state index is 0.0124. The van der Waals surface area contributed by atoms with E-state index in [2.05, 4.69) is 26.6 Å². The molecule has 2 rings (SSSR count). The summed E-state index contributed by atoms with van der Waals surface area (Å²) in [5, 5.41) is 24.0. The number of hydrogen-bond acceptors (Lipinski definition) is 5. The predicted molar refractivity (Wildman–Crippen MR) is 113 cm³/mol. The Hall–Kier alpha value is -2.91. The Kier molecular flexibility index (Phi) is 8.82. The molecule has 2 amide bonds. The molecule has 9 heteroatoms. The Morgan fingerprint density at radius 3 is 2.30 bits per heavy atom. The first-order valence-electron chi connectivity index (χ1n) is 9.19. The molecule has 0 aliphatic heterocycles. The molecule has 0 aliphatic rings. The molecule has 2 aromatic carbocycles. The normalized spacial score (nSPS) is 13.6. The van der Waals surface area contributed by atoms with Crippen molar-refractivity contribution in [1.82, 2.24) is 10.6 Å². The minimum Gasteiger partial charge on any atom is -0.480 e. The summed E-state index contributed by atoms with van der Waals surface area (Å²) in [7, 11) is 0. The molecule has 0 fully saturated rings. The minimum atomic E-state index is -1.38. The summed E-state index contributed by atoms with van der Waals surface area (Å²) in [4.78, 5) is 36.2. The number of aliphatic hydroxyl groups is 1. The summed E-state index contributed by atoms with van der Waals surface area (Å²) < 4.78 is 5.84. The average Bonchev–Trinajstić information content (AvgIpc) is 2.70. The third-order valence-corrected chi connectivity index (χ3v) is 4.69. The van der Waals surface area contributed by atoms with Crippen LogP contribution in [0.3, 0.4) is 0 Å². The van der Waals surface area contributed by atoms with Crippen LogP contribution in [0.2, 0.25) is 0 Å². The molecule has 0 heterocycles. The summed E-state index contributed by atoms with van der Waals surface area (Å²) in [6.45, 7) is 1.30. The zero-order chi connectivity index (χ0) is 22.1. The average molecular weight is 479 g/mol. The van der Waals surface area contributed by atoms with Crippen LogP contribution in [-0.4, -0.2) is 46.4 Å². The van der Waals surface area contributed by atoms with E-state index < -0.39 is 36.2 Å². The van der Waals surface area contributed by atoms with Crippen LogP contribution in [0.4, 0.5) is 4.79 Å². The van der Waals surface area contributed by atoms with E-state index in [0.29, 0.717) is 5.56 Å². The van der Waals surface area contributed by atoms with Gasteiger partial charge in [-0.15, -0.1) is 0 Å². The number of carbonyl (C=O) groups is 3. The summed E-state index contributed by atoms with van der Waals surface area (Å²) in [5.41, 5.74) is 1.45. The molecule has 0 saturated heterocycles. The van der Waals surface area contributed by atoms with Crippen molar-refractivity contribution in [1.29, 1.82) is 0 Å². The van der Waals surface area contributed by atoms with E-state index >= 15 is 0 Å². The SMILES string of the molecule is C[C@@H](O)[C@H](NC(=O)OCc1ccccc1)C(=O)N[C@@H](Cc1cccc(Br)c1)C(=O)O. The van der Waals surface area contributed by atoms with Crippen molar-refractivity contribution in [2.45, 2.75) is 38.1 Å². The van der Waals surface area contributed by atoms with Crippen LogP contribution in [-0.2, 0) is 27.4 Å². The lowest BCUT2D eigenvalue weighted by molar-refractivity contribution is -0.142. The number of aliphatic hydroxyl groups excluding tert-OH is 1. The summed E-state index contributed by atoms with van der Waals surface area (Å²) in [6, 6.07) is 13.4. The van der Waals surface area contributed by atoms with E-state index in [4.69, 9.17) is 4.74 Å². The van der Waals surface area contributed by atoms with Crippen LogP contribution in [0, 0.1) is 0 Å². The van der Waals surface area contributed by atoms with Crippen molar-refractivity contribution in [2.24, 2.45) is 0 Å². The maximum Gasteiger partial charge on any atom is 0.408 e. The van der Waals surface area contributed by atoms with E-state index in [0.717, 1.165) is 10.0 Å². The van der Waals surface area contributed by atoms with Crippen molar-refractivity contribution in [3.63, 3.8) is 0 Å². The maximum atomic E-state index is 12.6. The Balaban J connectivity index is 1.98. The number of nitrogens with one attached hydrogen (secondary N) is 2. The number of aliphatic carboxylic acids is 1. The fraction of sp³-hybridized carbons (Fsp3) is 0.286. The van der Waals surface area contributed by atoms with Gasteiger partial charge in [-0.2, -0.15) is 0 Å². The van der Waals surface area contributed by atoms with Crippen LogP contribution in [0.25, 0.3) is 0 Å². The molecule has 3 atom stereocenters. The van der Waals surface area contributed by atoms with E-state index in [1.54, 1.807) is 48.5 Å². The van der Waals surface area contributed by atoms with E-state index in [-0.39, 0.29) is 13.0 Å². The van der Waals surface area contributed by atoms with Gasteiger partial charge in [0.05, 0.1) is 6.10 Å². The zero-order valence-electron chi connectivity index (χ0n) is 16.2. The molecule has 0 aromatic heterocycles. The van der Waals surface area contributed by atoms with Gasteiger partial charge >= 0.3 is 12.1 Å². The van der Waals surface area contributed by atoms with Gasteiger partial charge in [-0.05, 0) is 30.2 Å². The molecular weight excluding hydrogens is 456 g/mol. The first-order chi connectivity index (χ1) is 14.3. The van der Waals surface area contributed by atoms with Gasteiger partial charge in [0, 0.05) is 10.9 Å². The quantitative estimate of drug-likeness (QED) is 0.437. The van der Waals surface area contributed by atoms with Crippen LogP contribution in [0.15, 0.2) is 59.1 Å². The van der Waals surface area contributed by atoms with Gasteiger partial charge in [0.15, 0.2) is 0 Å². The van der Waals surface area contributed by atoms with Gasteiger partial charge in [-0.25, -0.2) is 9.59 Å². The number of hydrogen-bond donors (Lipinski definition) is 4. The summed E-state index contributed by atoms with van der Waals surface area (Å²) in [6.07, 6.45) is -2.14. The summed E-state index contributed by atoms with van der Waals surface area (Å²) in [5.74, 6) is -2.07. The third-order valence-electron chi connectivity index (χ3n) is 4.19. The summed E-state index contributed by atoms with van der Waals surface area (Å²) >= 11 is 3.31. The number of carboxylic acids is 1. The molecule has 0 unspecified atom stereocenters. The highest BCUT2D eigenvalue weighted by molar-refractivity contribution is 9.10. The Morgan fingerprint density at radius 1 is 1.03 bits per heavy atom. The maximum absolute atomic E-state index is 12.6. The van der Waals surface area contributed by atoms with Gasteiger partial charge in [-0.3, -0.25) is 4.79 Å². The number of alkyl carbamates (subject to hydrolysis) is 1. The number of ether oxygens (including phenoxy) is 1. The Bertz CT molecular complexity index is 875. The van der Waals surface area contributed by atoms with Crippen molar-refractivity contribution in [3.8, 4) is 0 Å². The lowest BCUT2D eigenvalue weighted by atomic mass is 10.0. The highest BCUT2D eigenvalue weighted by Crippen LogP contribution is 2.13. The molecule has 2 aromatic rings. The van der Waals surface area contributed by atoms with Crippen molar-refractivity contribution < 1.29 is 29.3 Å². The second kappa shape index (κ2) is 11.3. The van der Waals surface area contributed by atoms with Gasteiger partial charge in [0.25, 0.3) is 0 Å². The second-order valence-electron chi connectivity index (χ2n) is 6.66. The van der Waals surface area contributed by atoms with Crippen molar-refractivity contribution in [2.75, 3.05) is 0 Å². The largest absolute Gasteiger partial charge is 0.480 e. The Morgan fingerprint density at radius 2 is 1.70 bits per heavy atom. The van der Waals surface area contributed by atoms with Gasteiger partial charge in [-0.1, -0.05) is 58.4 Å². The fourth-order valence-electron chi connectivity index (χ4n) is 2.66.